The highest BCUT2D eigenvalue weighted by molar-refractivity contribution is 5.86. The first-order chi connectivity index (χ1) is 9.69. The van der Waals surface area contributed by atoms with Crippen molar-refractivity contribution in [2.24, 2.45) is 11.3 Å². The summed E-state index contributed by atoms with van der Waals surface area (Å²) in [6.45, 7) is 6.36. The fourth-order valence-electron chi connectivity index (χ4n) is 2.55. The molecule has 1 heterocycles. The van der Waals surface area contributed by atoms with Crippen LogP contribution in [0, 0.1) is 11.3 Å². The number of nitrogens with one attached hydrogen (secondary N) is 2. The van der Waals surface area contributed by atoms with Crippen LogP contribution >= 0.6 is 0 Å². The third kappa shape index (κ3) is 4.34. The fraction of sp³-hybridized carbons (Fsp3) is 0.786. The molecule has 1 rings (SSSR count). The highest BCUT2D eigenvalue weighted by Crippen LogP contribution is 2.30. The molecule has 1 aliphatic heterocycles. The number of hydrogen-bond acceptors (Lipinski definition) is 3. The van der Waals surface area contributed by atoms with Gasteiger partial charge in [0.2, 0.25) is 5.91 Å². The summed E-state index contributed by atoms with van der Waals surface area (Å²) in [4.78, 5) is 36.7. The number of nitrogens with zero attached hydrogens (tertiary/aromatic N) is 1. The highest BCUT2D eigenvalue weighted by atomic mass is 16.4. The van der Waals surface area contributed by atoms with Crippen molar-refractivity contribution in [3.63, 3.8) is 0 Å². The largest absolute Gasteiger partial charge is 0.480 e. The van der Waals surface area contributed by atoms with Gasteiger partial charge in [-0.15, -0.1) is 0 Å². The van der Waals surface area contributed by atoms with Gasteiger partial charge in [-0.1, -0.05) is 13.8 Å². The summed E-state index contributed by atoms with van der Waals surface area (Å²) in [7, 11) is 1.57. The monoisotopic (exact) mass is 299 g/mol. The van der Waals surface area contributed by atoms with Crippen LogP contribution in [0.2, 0.25) is 0 Å². The minimum Gasteiger partial charge on any atom is -0.480 e. The second kappa shape index (κ2) is 6.78. The van der Waals surface area contributed by atoms with Crippen molar-refractivity contribution >= 4 is 17.9 Å². The van der Waals surface area contributed by atoms with Gasteiger partial charge < -0.3 is 20.6 Å². The van der Waals surface area contributed by atoms with Crippen LogP contribution in [0.4, 0.5) is 4.79 Å². The summed E-state index contributed by atoms with van der Waals surface area (Å²) in [5, 5.41) is 14.3. The van der Waals surface area contributed by atoms with E-state index < -0.39 is 23.5 Å². The highest BCUT2D eigenvalue weighted by Gasteiger charge is 2.42. The summed E-state index contributed by atoms with van der Waals surface area (Å²) in [5.74, 6) is -0.971. The maximum absolute atomic E-state index is 12.2. The maximum atomic E-state index is 12.2. The van der Waals surface area contributed by atoms with Gasteiger partial charge in [0, 0.05) is 20.1 Å². The van der Waals surface area contributed by atoms with Crippen molar-refractivity contribution in [3.8, 4) is 0 Å². The maximum Gasteiger partial charge on any atom is 0.326 e. The van der Waals surface area contributed by atoms with Gasteiger partial charge in [0.15, 0.2) is 0 Å². The van der Waals surface area contributed by atoms with Crippen molar-refractivity contribution in [1.82, 2.24) is 15.5 Å². The zero-order valence-electron chi connectivity index (χ0n) is 13.1. The zero-order valence-corrected chi connectivity index (χ0v) is 13.1. The van der Waals surface area contributed by atoms with Gasteiger partial charge >= 0.3 is 12.0 Å². The molecule has 1 unspecified atom stereocenters. The number of rotatable bonds is 5. The molecular formula is C14H25N3O4. The van der Waals surface area contributed by atoms with Crippen LogP contribution in [0.3, 0.4) is 0 Å². The lowest BCUT2D eigenvalue weighted by atomic mass is 9.89. The average Bonchev–Trinajstić information content (AvgIpc) is 2.80. The van der Waals surface area contributed by atoms with E-state index in [0.29, 0.717) is 25.9 Å². The van der Waals surface area contributed by atoms with E-state index in [1.165, 1.54) is 4.90 Å². The smallest absolute Gasteiger partial charge is 0.326 e. The Morgan fingerprint density at radius 1 is 1.33 bits per heavy atom. The summed E-state index contributed by atoms with van der Waals surface area (Å²) in [6, 6.07) is -1.32. The fourth-order valence-corrected chi connectivity index (χ4v) is 2.55. The first-order valence-corrected chi connectivity index (χ1v) is 7.20. The Morgan fingerprint density at radius 2 is 1.95 bits per heavy atom. The van der Waals surface area contributed by atoms with E-state index in [1.54, 1.807) is 7.05 Å². The van der Waals surface area contributed by atoms with Crippen LogP contribution < -0.4 is 10.6 Å². The predicted molar refractivity (Wildman–Crippen MR) is 77.8 cm³/mol. The van der Waals surface area contributed by atoms with Crippen LogP contribution in [0.15, 0.2) is 0 Å². The molecule has 120 valence electrons. The molecule has 0 spiro atoms. The number of amides is 3. The Labute approximate surface area is 125 Å². The third-order valence-electron chi connectivity index (χ3n) is 3.84. The van der Waals surface area contributed by atoms with Crippen LogP contribution in [0.5, 0.6) is 0 Å². The number of likely N-dealkylation sites (tertiary alicyclic amines) is 1. The number of hydrogen-bond donors (Lipinski definition) is 3. The Balaban J connectivity index is 2.64. The Bertz CT molecular complexity index is 424. The Hall–Kier alpha value is -1.79. The molecule has 0 radical (unpaired) electrons. The van der Waals surface area contributed by atoms with Gasteiger partial charge in [-0.25, -0.2) is 9.59 Å². The van der Waals surface area contributed by atoms with E-state index in [-0.39, 0.29) is 11.8 Å². The van der Waals surface area contributed by atoms with E-state index in [1.807, 2.05) is 20.8 Å². The van der Waals surface area contributed by atoms with E-state index in [9.17, 15) is 14.4 Å². The topological polar surface area (TPSA) is 98.7 Å². The molecule has 1 fully saturated rings. The van der Waals surface area contributed by atoms with Crippen LogP contribution in [-0.2, 0) is 9.59 Å². The molecular weight excluding hydrogens is 274 g/mol. The molecule has 0 aromatic heterocycles. The van der Waals surface area contributed by atoms with Gasteiger partial charge in [-0.3, -0.25) is 4.79 Å². The van der Waals surface area contributed by atoms with Gasteiger partial charge in [0.25, 0.3) is 0 Å². The lowest BCUT2D eigenvalue weighted by molar-refractivity contribution is -0.139. The molecule has 1 saturated heterocycles. The van der Waals surface area contributed by atoms with Crippen molar-refractivity contribution < 1.29 is 19.5 Å². The van der Waals surface area contributed by atoms with Crippen molar-refractivity contribution in [1.29, 1.82) is 0 Å². The number of urea groups is 1. The first kappa shape index (κ1) is 17.3. The minimum absolute atomic E-state index is 0.102. The molecule has 0 bridgehead atoms. The van der Waals surface area contributed by atoms with Gasteiger partial charge in [-0.2, -0.15) is 0 Å². The average molecular weight is 299 g/mol. The lowest BCUT2D eigenvalue weighted by Gasteiger charge is -2.24. The second-order valence-electron chi connectivity index (χ2n) is 6.28. The number of carboxylic acid groups (broad SMARTS) is 1. The second-order valence-corrected chi connectivity index (χ2v) is 6.28. The molecule has 1 aliphatic rings. The van der Waals surface area contributed by atoms with Crippen LogP contribution in [0.1, 0.15) is 33.6 Å². The summed E-state index contributed by atoms with van der Waals surface area (Å²) in [6.07, 6.45) is 0.948. The van der Waals surface area contributed by atoms with Crippen LogP contribution in [0.25, 0.3) is 0 Å². The van der Waals surface area contributed by atoms with Crippen LogP contribution in [-0.4, -0.2) is 54.1 Å². The summed E-state index contributed by atoms with van der Waals surface area (Å²) in [5.41, 5.74) is -0.608. The molecule has 7 heteroatoms. The molecule has 3 amide bonds. The number of carboxylic acids is 1. The lowest BCUT2D eigenvalue weighted by Crippen LogP contribution is -2.49. The number of carbonyl (C=O) groups is 3. The van der Waals surface area contributed by atoms with E-state index in [4.69, 9.17) is 5.11 Å². The van der Waals surface area contributed by atoms with Gasteiger partial charge in [0.1, 0.15) is 6.04 Å². The molecule has 7 nitrogen and oxygen atoms in total. The number of carbonyl (C=O) groups excluding carboxylic acids is 2. The summed E-state index contributed by atoms with van der Waals surface area (Å²) >= 11 is 0. The van der Waals surface area contributed by atoms with Crippen molar-refractivity contribution in [3.05, 3.63) is 0 Å². The number of aliphatic carboxylic acids is 1. The molecule has 0 aromatic rings. The van der Waals surface area contributed by atoms with Crippen molar-refractivity contribution in [2.45, 2.75) is 39.7 Å². The van der Waals surface area contributed by atoms with Crippen molar-refractivity contribution in [2.75, 3.05) is 20.1 Å². The minimum atomic E-state index is -1.04. The quantitative estimate of drug-likeness (QED) is 0.694. The normalized spacial score (nSPS) is 23.0. The van der Waals surface area contributed by atoms with E-state index in [2.05, 4.69) is 10.6 Å². The Morgan fingerprint density at radius 3 is 2.43 bits per heavy atom. The molecule has 0 aliphatic carbocycles. The summed E-state index contributed by atoms with van der Waals surface area (Å²) < 4.78 is 0. The van der Waals surface area contributed by atoms with E-state index in [0.717, 1.165) is 0 Å². The standard InChI is InChI=1S/C14H25N3O4/c1-9(2)7-10(11(18)19)16-13(21)17-6-5-14(3,8-17)12(20)15-4/h9-10H,5-8H2,1-4H3,(H,15,20)(H,16,21)(H,18,19)/t10-,14?/m1/s1. The third-order valence-corrected chi connectivity index (χ3v) is 3.84. The molecule has 21 heavy (non-hydrogen) atoms. The predicted octanol–water partition coefficient (Wildman–Crippen LogP) is 0.653. The zero-order chi connectivity index (χ0) is 16.2. The van der Waals surface area contributed by atoms with Gasteiger partial charge in [0.05, 0.1) is 5.41 Å². The molecule has 0 saturated carbocycles. The van der Waals surface area contributed by atoms with E-state index >= 15 is 0 Å². The molecule has 3 N–H and O–H groups in total. The molecule has 0 aromatic carbocycles. The Kier molecular flexibility index (Phi) is 5.57. The molecule has 2 atom stereocenters. The first-order valence-electron chi connectivity index (χ1n) is 7.20. The van der Waals surface area contributed by atoms with Gasteiger partial charge in [-0.05, 0) is 25.7 Å². The SMILES string of the molecule is CNC(=O)C1(C)CCN(C(=O)N[C@H](CC(C)C)C(=O)O)C1.